The molecule has 0 aromatic heterocycles. The molecule has 1 rings (SSSR count). The van der Waals surface area contributed by atoms with Crippen LogP contribution in [-0.2, 0) is 19.1 Å². The molecule has 0 saturated carbocycles. The van der Waals surface area contributed by atoms with E-state index in [0.717, 1.165) is 25.7 Å². The first-order valence-electron chi connectivity index (χ1n) is 6.65. The Morgan fingerprint density at radius 2 is 1.95 bits per heavy atom. The number of ketones is 1. The Bertz CT molecular complexity index is 359. The van der Waals surface area contributed by atoms with Gasteiger partial charge in [0.15, 0.2) is 5.78 Å². The van der Waals surface area contributed by atoms with Gasteiger partial charge < -0.3 is 14.6 Å². The van der Waals surface area contributed by atoms with Crippen molar-refractivity contribution >= 4 is 11.8 Å². The molecule has 0 bridgehead atoms. The summed E-state index contributed by atoms with van der Waals surface area (Å²) in [4.78, 5) is 22.6. The van der Waals surface area contributed by atoms with Gasteiger partial charge in [-0.25, -0.2) is 0 Å². The zero-order valence-corrected chi connectivity index (χ0v) is 11.6. The molecule has 0 aromatic carbocycles. The molecule has 1 N–H and O–H groups in total. The van der Waals surface area contributed by atoms with E-state index in [9.17, 15) is 14.7 Å². The van der Waals surface area contributed by atoms with E-state index in [1.807, 2.05) is 0 Å². The Morgan fingerprint density at radius 3 is 2.58 bits per heavy atom. The Kier molecular flexibility index (Phi) is 6.56. The number of ether oxygens (including phenoxy) is 2. The number of carbonyl (C=O) groups is 2. The fourth-order valence-corrected chi connectivity index (χ4v) is 2.23. The number of aliphatic hydroxyl groups is 1. The second-order valence-electron chi connectivity index (χ2n) is 4.68. The third kappa shape index (κ3) is 4.67. The van der Waals surface area contributed by atoms with E-state index in [1.54, 1.807) is 0 Å². The van der Waals surface area contributed by atoms with Gasteiger partial charge in [0.2, 0.25) is 0 Å². The molecule has 5 heteroatoms. The summed E-state index contributed by atoms with van der Waals surface area (Å²) in [6.07, 6.45) is 4.00. The van der Waals surface area contributed by atoms with Crippen LogP contribution in [0, 0.1) is 0 Å². The summed E-state index contributed by atoms with van der Waals surface area (Å²) in [5.74, 6) is 0.233. The molecule has 0 heterocycles. The quantitative estimate of drug-likeness (QED) is 0.537. The van der Waals surface area contributed by atoms with Gasteiger partial charge in [0, 0.05) is 18.4 Å². The second kappa shape index (κ2) is 7.94. The fraction of sp³-hybridized carbons (Fsp3) is 0.714. The summed E-state index contributed by atoms with van der Waals surface area (Å²) in [5.41, 5.74) is 0.628. The fourth-order valence-electron chi connectivity index (χ4n) is 2.23. The van der Waals surface area contributed by atoms with Crippen molar-refractivity contribution in [2.75, 3.05) is 14.2 Å². The molecule has 108 valence electrons. The minimum Gasteiger partial charge on any atom is -0.501 e. The zero-order chi connectivity index (χ0) is 14.3. The highest BCUT2D eigenvalue weighted by Gasteiger charge is 2.31. The van der Waals surface area contributed by atoms with Crippen molar-refractivity contribution < 1.29 is 24.2 Å². The molecule has 1 atom stereocenters. The molecule has 1 aliphatic rings. The van der Waals surface area contributed by atoms with Gasteiger partial charge in [-0.2, -0.15) is 0 Å². The van der Waals surface area contributed by atoms with Crippen molar-refractivity contribution in [1.29, 1.82) is 0 Å². The van der Waals surface area contributed by atoms with Gasteiger partial charge in [0.1, 0.15) is 11.9 Å². The monoisotopic (exact) mass is 270 g/mol. The average Bonchev–Trinajstić information content (AvgIpc) is 2.69. The van der Waals surface area contributed by atoms with Crippen LogP contribution >= 0.6 is 0 Å². The number of esters is 1. The van der Waals surface area contributed by atoms with Crippen molar-refractivity contribution in [3.63, 3.8) is 0 Å². The van der Waals surface area contributed by atoms with E-state index in [0.29, 0.717) is 30.6 Å². The standard InChI is InChI=1S/C14H22O5/c1-18-12-9-11(15)14(17)10(12)7-5-3-4-6-8-13(16)19-2/h11,15H,3-9H2,1-2H3/t11-/m1/s1. The van der Waals surface area contributed by atoms with Crippen LogP contribution < -0.4 is 0 Å². The van der Waals surface area contributed by atoms with Crippen LogP contribution in [0.25, 0.3) is 0 Å². The lowest BCUT2D eigenvalue weighted by Crippen LogP contribution is -2.15. The zero-order valence-electron chi connectivity index (χ0n) is 11.6. The van der Waals surface area contributed by atoms with Crippen LogP contribution in [-0.4, -0.2) is 37.2 Å². The third-order valence-electron chi connectivity index (χ3n) is 3.35. The van der Waals surface area contributed by atoms with Crippen LogP contribution in [0.5, 0.6) is 0 Å². The lowest BCUT2D eigenvalue weighted by Gasteiger charge is -2.05. The van der Waals surface area contributed by atoms with Gasteiger partial charge in [-0.1, -0.05) is 12.8 Å². The summed E-state index contributed by atoms with van der Waals surface area (Å²) >= 11 is 0. The Labute approximate surface area is 113 Å². The molecule has 0 amide bonds. The molecule has 0 fully saturated rings. The number of carbonyl (C=O) groups excluding carboxylic acids is 2. The topological polar surface area (TPSA) is 72.8 Å². The lowest BCUT2D eigenvalue weighted by molar-refractivity contribution is -0.140. The van der Waals surface area contributed by atoms with Crippen LogP contribution in [0.1, 0.15) is 44.9 Å². The first-order chi connectivity index (χ1) is 9.10. The summed E-state index contributed by atoms with van der Waals surface area (Å²) in [6, 6.07) is 0. The van der Waals surface area contributed by atoms with Gasteiger partial charge >= 0.3 is 5.97 Å². The van der Waals surface area contributed by atoms with Crippen molar-refractivity contribution in [2.24, 2.45) is 0 Å². The van der Waals surface area contributed by atoms with E-state index in [2.05, 4.69) is 4.74 Å². The van der Waals surface area contributed by atoms with Gasteiger partial charge in [-0.3, -0.25) is 9.59 Å². The predicted octanol–water partition coefficient (Wildman–Crippen LogP) is 1.73. The molecule has 1 aliphatic carbocycles. The van der Waals surface area contributed by atoms with E-state index in [-0.39, 0.29) is 11.8 Å². The molecule has 0 radical (unpaired) electrons. The summed E-state index contributed by atoms with van der Waals surface area (Å²) < 4.78 is 9.68. The minimum absolute atomic E-state index is 0.182. The minimum atomic E-state index is -0.927. The number of rotatable bonds is 8. The smallest absolute Gasteiger partial charge is 0.305 e. The van der Waals surface area contributed by atoms with Gasteiger partial charge in [-0.15, -0.1) is 0 Å². The maximum Gasteiger partial charge on any atom is 0.305 e. The van der Waals surface area contributed by atoms with Crippen LogP contribution in [0.2, 0.25) is 0 Å². The van der Waals surface area contributed by atoms with Crippen molar-refractivity contribution in [2.45, 2.75) is 51.0 Å². The first-order valence-corrected chi connectivity index (χ1v) is 6.65. The summed E-state index contributed by atoms with van der Waals surface area (Å²) in [5, 5.41) is 9.48. The molecule has 0 aromatic rings. The maximum absolute atomic E-state index is 11.7. The van der Waals surface area contributed by atoms with Crippen LogP contribution in [0.4, 0.5) is 0 Å². The largest absolute Gasteiger partial charge is 0.501 e. The van der Waals surface area contributed by atoms with Gasteiger partial charge in [0.25, 0.3) is 0 Å². The average molecular weight is 270 g/mol. The number of Topliss-reactive ketones (excluding diaryl/α,β-unsaturated/α-hetero) is 1. The van der Waals surface area contributed by atoms with Crippen molar-refractivity contribution in [1.82, 2.24) is 0 Å². The first kappa shape index (κ1) is 15.7. The van der Waals surface area contributed by atoms with E-state index in [4.69, 9.17) is 4.74 Å². The predicted molar refractivity (Wildman–Crippen MR) is 69.4 cm³/mol. The number of hydrogen-bond donors (Lipinski definition) is 1. The second-order valence-corrected chi connectivity index (χ2v) is 4.68. The highest BCUT2D eigenvalue weighted by atomic mass is 16.5. The number of aliphatic hydroxyl groups excluding tert-OH is 1. The van der Waals surface area contributed by atoms with Gasteiger partial charge in [0.05, 0.1) is 14.2 Å². The van der Waals surface area contributed by atoms with Gasteiger partial charge in [-0.05, 0) is 19.3 Å². The number of methoxy groups -OCH3 is 2. The van der Waals surface area contributed by atoms with Crippen LogP contribution in [0.15, 0.2) is 11.3 Å². The molecule has 0 unspecified atom stereocenters. The Morgan fingerprint density at radius 1 is 1.26 bits per heavy atom. The molecule has 0 saturated heterocycles. The van der Waals surface area contributed by atoms with E-state index < -0.39 is 6.10 Å². The molecule has 0 aliphatic heterocycles. The van der Waals surface area contributed by atoms with Crippen LogP contribution in [0.3, 0.4) is 0 Å². The van der Waals surface area contributed by atoms with Crippen molar-refractivity contribution in [3.05, 3.63) is 11.3 Å². The highest BCUT2D eigenvalue weighted by molar-refractivity contribution is 6.01. The van der Waals surface area contributed by atoms with Crippen molar-refractivity contribution in [3.8, 4) is 0 Å². The SMILES string of the molecule is COC(=O)CCCCCCC1=C(OC)C[C@@H](O)C1=O. The molecule has 19 heavy (non-hydrogen) atoms. The Balaban J connectivity index is 2.22. The number of hydrogen-bond acceptors (Lipinski definition) is 5. The normalized spacial score (nSPS) is 18.9. The highest BCUT2D eigenvalue weighted by Crippen LogP contribution is 2.27. The maximum atomic E-state index is 11.7. The molecule has 5 nitrogen and oxygen atoms in total. The molecular formula is C14H22O5. The number of unbranched alkanes of at least 4 members (excludes halogenated alkanes) is 3. The summed E-state index contributed by atoms with van der Waals surface area (Å²) in [6.45, 7) is 0. The molecular weight excluding hydrogens is 248 g/mol. The van der Waals surface area contributed by atoms with E-state index >= 15 is 0 Å². The lowest BCUT2D eigenvalue weighted by atomic mass is 10.0. The third-order valence-corrected chi connectivity index (χ3v) is 3.35. The molecule has 0 spiro atoms. The van der Waals surface area contributed by atoms with E-state index in [1.165, 1.54) is 14.2 Å². The summed E-state index contributed by atoms with van der Waals surface area (Å²) in [7, 11) is 2.91. The Hall–Kier alpha value is -1.36.